The van der Waals surface area contributed by atoms with Crippen LogP contribution in [0.5, 0.6) is 0 Å². The molecular formula is C6H5F2O. The molecule has 0 heterocycles. The fraction of sp³-hybridized carbons (Fsp3) is 0.333. The smallest absolute Gasteiger partial charge is 0.224 e. The minimum absolute atomic E-state index is 0.616. The predicted octanol–water partition coefficient (Wildman–Crippen LogP) is 1.55. The Hall–Kier alpha value is -0.700. The number of allylic oxidation sites excluding steroid dienone is 2. The van der Waals surface area contributed by atoms with Gasteiger partial charge in [0.2, 0.25) is 0 Å². The lowest BCUT2D eigenvalue weighted by Crippen LogP contribution is -2.14. The summed E-state index contributed by atoms with van der Waals surface area (Å²) in [5, 5.41) is 10.3. The first-order valence-corrected chi connectivity index (χ1v) is 2.52. The zero-order valence-corrected chi connectivity index (χ0v) is 4.55. The Morgan fingerprint density at radius 3 is 2.00 bits per heavy atom. The normalized spacial score (nSPS) is 24.8. The molecule has 1 aliphatic rings. The molecule has 0 atom stereocenters. The van der Waals surface area contributed by atoms with Crippen molar-refractivity contribution in [1.29, 1.82) is 0 Å². The van der Waals surface area contributed by atoms with Crippen molar-refractivity contribution in [3.63, 3.8) is 0 Å². The van der Waals surface area contributed by atoms with Crippen molar-refractivity contribution in [3.8, 4) is 0 Å². The standard InChI is InChI=1S/C6H5F2O/c7-6(8)3-1-5(9)2-4-6/h1-5H. The first-order valence-electron chi connectivity index (χ1n) is 2.52. The molecule has 0 aromatic heterocycles. The highest BCUT2D eigenvalue weighted by molar-refractivity contribution is 5.19. The average Bonchev–Trinajstić information content (AvgIpc) is 1.78. The van der Waals surface area contributed by atoms with Gasteiger partial charge in [-0.2, -0.15) is 8.78 Å². The fourth-order valence-corrected chi connectivity index (χ4v) is 0.566. The molecule has 0 aromatic carbocycles. The summed E-state index contributed by atoms with van der Waals surface area (Å²) in [4.78, 5) is 0. The highest BCUT2D eigenvalue weighted by Crippen LogP contribution is 2.20. The summed E-state index contributed by atoms with van der Waals surface area (Å²) in [6, 6.07) is 0. The number of rotatable bonds is 0. The van der Waals surface area contributed by atoms with Crippen molar-refractivity contribution < 1.29 is 13.9 Å². The first kappa shape index (κ1) is 6.42. The van der Waals surface area contributed by atoms with E-state index in [4.69, 9.17) is 0 Å². The van der Waals surface area contributed by atoms with E-state index in [1.165, 1.54) is 0 Å². The summed E-state index contributed by atoms with van der Waals surface area (Å²) in [6.07, 6.45) is 2.03. The highest BCUT2D eigenvalue weighted by atomic mass is 19.3. The Labute approximate surface area is 51.3 Å². The van der Waals surface area contributed by atoms with Gasteiger partial charge in [-0.15, -0.1) is 0 Å². The molecule has 0 bridgehead atoms. The molecule has 0 N–H and O–H groups in total. The second-order valence-corrected chi connectivity index (χ2v) is 1.86. The van der Waals surface area contributed by atoms with E-state index in [1.807, 2.05) is 0 Å². The fourth-order valence-electron chi connectivity index (χ4n) is 0.566. The zero-order valence-electron chi connectivity index (χ0n) is 4.55. The Morgan fingerprint density at radius 2 is 1.67 bits per heavy atom. The molecule has 49 valence electrons. The lowest BCUT2D eigenvalue weighted by Gasteiger charge is -2.09. The van der Waals surface area contributed by atoms with E-state index in [2.05, 4.69) is 0 Å². The lowest BCUT2D eigenvalue weighted by atomic mass is 10.1. The third kappa shape index (κ3) is 1.61. The molecule has 0 fully saturated rings. The maximum Gasteiger partial charge on any atom is 0.285 e. The third-order valence-corrected chi connectivity index (χ3v) is 1.02. The van der Waals surface area contributed by atoms with Gasteiger partial charge in [0, 0.05) is 0 Å². The quantitative estimate of drug-likeness (QED) is 0.444. The number of halogens is 2. The molecule has 1 aliphatic carbocycles. The minimum Gasteiger partial charge on any atom is -0.224 e. The van der Waals surface area contributed by atoms with E-state index >= 15 is 0 Å². The Kier molecular flexibility index (Phi) is 1.37. The van der Waals surface area contributed by atoms with Crippen LogP contribution in [-0.4, -0.2) is 12.0 Å². The van der Waals surface area contributed by atoms with Crippen LogP contribution in [0.2, 0.25) is 0 Å². The van der Waals surface area contributed by atoms with E-state index in [9.17, 15) is 13.9 Å². The summed E-state index contributed by atoms with van der Waals surface area (Å²) in [5.74, 6) is -2.90. The summed E-state index contributed by atoms with van der Waals surface area (Å²) >= 11 is 0. The molecule has 1 radical (unpaired) electrons. The summed E-state index contributed by atoms with van der Waals surface area (Å²) in [5.41, 5.74) is 0. The van der Waals surface area contributed by atoms with Crippen LogP contribution >= 0.6 is 0 Å². The lowest BCUT2D eigenvalue weighted by molar-refractivity contribution is 0.0966. The van der Waals surface area contributed by atoms with Crippen molar-refractivity contribution in [2.24, 2.45) is 0 Å². The molecule has 0 saturated carbocycles. The molecule has 9 heavy (non-hydrogen) atoms. The maximum atomic E-state index is 12.1. The van der Waals surface area contributed by atoms with Gasteiger partial charge in [0.05, 0.1) is 0 Å². The van der Waals surface area contributed by atoms with Gasteiger partial charge >= 0.3 is 0 Å². The average molecular weight is 131 g/mol. The Balaban J connectivity index is 2.70. The molecule has 0 saturated heterocycles. The van der Waals surface area contributed by atoms with Crippen molar-refractivity contribution >= 4 is 0 Å². The molecule has 0 spiro atoms. The number of hydrogen-bond donors (Lipinski definition) is 0. The predicted molar refractivity (Wildman–Crippen MR) is 27.7 cm³/mol. The molecule has 1 rings (SSSR count). The van der Waals surface area contributed by atoms with Crippen molar-refractivity contribution in [3.05, 3.63) is 24.3 Å². The second-order valence-electron chi connectivity index (χ2n) is 1.86. The van der Waals surface area contributed by atoms with E-state index in [0.717, 1.165) is 12.2 Å². The van der Waals surface area contributed by atoms with E-state index < -0.39 is 12.0 Å². The van der Waals surface area contributed by atoms with Crippen molar-refractivity contribution in [2.75, 3.05) is 0 Å². The zero-order chi connectivity index (χ0) is 6.91. The van der Waals surface area contributed by atoms with Crippen LogP contribution < -0.4 is 0 Å². The van der Waals surface area contributed by atoms with Gasteiger partial charge in [0.1, 0.15) is 6.10 Å². The monoisotopic (exact) mass is 131 g/mol. The molecule has 0 unspecified atom stereocenters. The number of hydrogen-bond acceptors (Lipinski definition) is 0. The van der Waals surface area contributed by atoms with Crippen LogP contribution in [0.15, 0.2) is 24.3 Å². The van der Waals surface area contributed by atoms with Crippen LogP contribution in [-0.2, 0) is 5.11 Å². The van der Waals surface area contributed by atoms with Gasteiger partial charge in [-0.25, -0.2) is 5.11 Å². The van der Waals surface area contributed by atoms with Gasteiger partial charge in [-0.1, -0.05) is 0 Å². The Bertz CT molecular complexity index is 144. The largest absolute Gasteiger partial charge is 0.285 e. The molecule has 1 nitrogen and oxygen atoms in total. The molecule has 0 aromatic rings. The van der Waals surface area contributed by atoms with Gasteiger partial charge in [0.15, 0.2) is 0 Å². The van der Waals surface area contributed by atoms with Gasteiger partial charge in [-0.05, 0) is 24.3 Å². The molecule has 0 amide bonds. The minimum atomic E-state index is -2.90. The molecule has 3 heteroatoms. The van der Waals surface area contributed by atoms with E-state index in [0.29, 0.717) is 12.2 Å². The Morgan fingerprint density at radius 1 is 1.22 bits per heavy atom. The number of alkyl halides is 2. The summed E-state index contributed by atoms with van der Waals surface area (Å²) in [6.45, 7) is 0. The summed E-state index contributed by atoms with van der Waals surface area (Å²) < 4.78 is 24.1. The molecule has 0 aliphatic heterocycles. The van der Waals surface area contributed by atoms with Crippen molar-refractivity contribution in [1.82, 2.24) is 0 Å². The second kappa shape index (κ2) is 1.92. The van der Waals surface area contributed by atoms with Crippen LogP contribution in [0.3, 0.4) is 0 Å². The highest BCUT2D eigenvalue weighted by Gasteiger charge is 2.23. The maximum absolute atomic E-state index is 12.1. The van der Waals surface area contributed by atoms with Gasteiger partial charge in [-0.3, -0.25) is 0 Å². The van der Waals surface area contributed by atoms with E-state index in [-0.39, 0.29) is 0 Å². The van der Waals surface area contributed by atoms with Gasteiger partial charge < -0.3 is 0 Å². The topological polar surface area (TPSA) is 19.9 Å². The molecular weight excluding hydrogens is 126 g/mol. The van der Waals surface area contributed by atoms with Crippen LogP contribution in [0.1, 0.15) is 0 Å². The van der Waals surface area contributed by atoms with Gasteiger partial charge in [0.25, 0.3) is 5.92 Å². The van der Waals surface area contributed by atoms with Crippen LogP contribution in [0.25, 0.3) is 0 Å². The van der Waals surface area contributed by atoms with E-state index in [1.54, 1.807) is 0 Å². The van der Waals surface area contributed by atoms with Crippen LogP contribution in [0.4, 0.5) is 8.78 Å². The third-order valence-electron chi connectivity index (χ3n) is 1.02. The first-order chi connectivity index (χ1) is 4.10. The van der Waals surface area contributed by atoms with Crippen molar-refractivity contribution in [2.45, 2.75) is 12.0 Å². The SMILES string of the molecule is [O]C1C=CC(F)(F)C=C1. The van der Waals surface area contributed by atoms with Crippen LogP contribution in [0, 0.1) is 0 Å². The summed E-state index contributed by atoms with van der Waals surface area (Å²) in [7, 11) is 0.